The molecule has 0 N–H and O–H groups in total. The van der Waals surface area contributed by atoms with E-state index in [2.05, 4.69) is 33.8 Å². The van der Waals surface area contributed by atoms with E-state index in [0.29, 0.717) is 0 Å². The van der Waals surface area contributed by atoms with E-state index in [9.17, 15) is 0 Å². The van der Waals surface area contributed by atoms with E-state index < -0.39 is 0 Å². The molecule has 1 heterocycles. The van der Waals surface area contributed by atoms with Crippen LogP contribution in [0, 0.1) is 0 Å². The summed E-state index contributed by atoms with van der Waals surface area (Å²) >= 11 is 0. The van der Waals surface area contributed by atoms with Gasteiger partial charge >= 0.3 is 0 Å². The molecule has 1 saturated heterocycles. The van der Waals surface area contributed by atoms with Crippen molar-refractivity contribution >= 4 is 12.1 Å². The van der Waals surface area contributed by atoms with Crippen LogP contribution in [0.15, 0.2) is 9.98 Å². The summed E-state index contributed by atoms with van der Waals surface area (Å²) in [5.41, 5.74) is 0. The molecule has 0 saturated carbocycles. The maximum absolute atomic E-state index is 4.34. The Hall–Kier alpha value is -0.740. The van der Waals surface area contributed by atoms with Gasteiger partial charge in [-0.05, 0) is 13.5 Å². The highest BCUT2D eigenvalue weighted by atomic mass is 15.3. The predicted octanol–water partition coefficient (Wildman–Crippen LogP) is 0.743. The smallest absolute Gasteiger partial charge is 0.136 e. The van der Waals surface area contributed by atoms with Crippen molar-refractivity contribution in [3.63, 3.8) is 0 Å². The quantitative estimate of drug-likeness (QED) is 0.508. The van der Waals surface area contributed by atoms with Crippen LogP contribution in [0.4, 0.5) is 0 Å². The molecule has 0 aliphatic carbocycles. The second-order valence-electron chi connectivity index (χ2n) is 3.94. The summed E-state index contributed by atoms with van der Waals surface area (Å²) in [5.74, 6) is 0.946. The number of rotatable bonds is 3. The number of nitrogens with zero attached hydrogens (tertiary/aromatic N) is 4. The Morgan fingerprint density at radius 1 is 1.27 bits per heavy atom. The van der Waals surface area contributed by atoms with E-state index in [1.54, 1.807) is 0 Å². The molecule has 0 aromatic heterocycles. The second kappa shape index (κ2) is 6.69. The Bertz CT molecular complexity index is 227. The van der Waals surface area contributed by atoms with E-state index in [4.69, 9.17) is 0 Å². The third-order valence-corrected chi connectivity index (χ3v) is 2.64. The van der Waals surface area contributed by atoms with Gasteiger partial charge in [0.1, 0.15) is 5.84 Å². The van der Waals surface area contributed by atoms with Crippen LogP contribution >= 0.6 is 0 Å². The van der Waals surface area contributed by atoms with Gasteiger partial charge in [-0.3, -0.25) is 9.89 Å². The Morgan fingerprint density at radius 3 is 2.47 bits per heavy atom. The molecule has 0 bridgehead atoms. The van der Waals surface area contributed by atoms with E-state index >= 15 is 0 Å². The fourth-order valence-corrected chi connectivity index (χ4v) is 1.57. The van der Waals surface area contributed by atoms with Crippen LogP contribution < -0.4 is 0 Å². The van der Waals surface area contributed by atoms with Gasteiger partial charge in [-0.15, -0.1) is 0 Å². The lowest BCUT2D eigenvalue weighted by atomic mass is 10.3. The molecule has 1 fully saturated rings. The molecule has 86 valence electrons. The van der Waals surface area contributed by atoms with Gasteiger partial charge in [0.05, 0.1) is 6.54 Å². The summed E-state index contributed by atoms with van der Waals surface area (Å²) in [6, 6.07) is 0. The Balaban J connectivity index is 2.36. The van der Waals surface area contributed by atoms with Gasteiger partial charge in [0.2, 0.25) is 0 Å². The fourth-order valence-electron chi connectivity index (χ4n) is 1.57. The molecule has 1 rings (SSSR count). The number of hydrogen-bond acceptors (Lipinski definition) is 3. The number of aliphatic imine (C=N–C) groups is 2. The zero-order chi connectivity index (χ0) is 11.1. The molecule has 0 unspecified atom stereocenters. The molecule has 0 atom stereocenters. The zero-order valence-corrected chi connectivity index (χ0v) is 10.1. The van der Waals surface area contributed by atoms with Crippen molar-refractivity contribution < 1.29 is 0 Å². The molecule has 0 amide bonds. The van der Waals surface area contributed by atoms with E-state index in [1.165, 1.54) is 0 Å². The fraction of sp³-hybridized carbons (Fsp3) is 0.818. The highest BCUT2D eigenvalue weighted by Gasteiger charge is 2.14. The maximum atomic E-state index is 4.34. The molecular formula is C11H22N4. The standard InChI is InChI=1S/C11H22N4/c1-4-5-13-11(12-2)10-15-8-6-14(3)7-9-15/h5H,4,6-10H2,1-3H3. The van der Waals surface area contributed by atoms with Crippen molar-refractivity contribution in [3.8, 4) is 0 Å². The van der Waals surface area contributed by atoms with Crippen LogP contribution in [-0.4, -0.2) is 68.7 Å². The summed E-state index contributed by atoms with van der Waals surface area (Å²) in [7, 11) is 3.99. The second-order valence-corrected chi connectivity index (χ2v) is 3.94. The van der Waals surface area contributed by atoms with Gasteiger partial charge in [0, 0.05) is 39.4 Å². The third kappa shape index (κ3) is 4.53. The lowest BCUT2D eigenvalue weighted by Crippen LogP contribution is -2.46. The van der Waals surface area contributed by atoms with Crippen LogP contribution in [0.3, 0.4) is 0 Å². The first kappa shape index (κ1) is 12.3. The molecular weight excluding hydrogens is 188 g/mol. The van der Waals surface area contributed by atoms with Crippen LogP contribution in [0.2, 0.25) is 0 Å². The molecule has 0 aromatic rings. The molecule has 15 heavy (non-hydrogen) atoms. The van der Waals surface area contributed by atoms with Crippen molar-refractivity contribution in [1.82, 2.24) is 9.80 Å². The molecule has 0 radical (unpaired) electrons. The van der Waals surface area contributed by atoms with Gasteiger partial charge < -0.3 is 4.90 Å². The molecule has 1 aliphatic heterocycles. The number of piperazine rings is 1. The Labute approximate surface area is 92.7 Å². The van der Waals surface area contributed by atoms with Crippen LogP contribution in [0.25, 0.3) is 0 Å². The predicted molar refractivity (Wildman–Crippen MR) is 66.1 cm³/mol. The van der Waals surface area contributed by atoms with E-state index in [-0.39, 0.29) is 0 Å². The number of amidine groups is 1. The van der Waals surface area contributed by atoms with Crippen LogP contribution in [0.1, 0.15) is 13.3 Å². The summed E-state index contributed by atoms with van der Waals surface area (Å²) in [4.78, 5) is 13.3. The van der Waals surface area contributed by atoms with Gasteiger partial charge in [-0.25, -0.2) is 4.99 Å². The summed E-state index contributed by atoms with van der Waals surface area (Å²) < 4.78 is 0. The summed E-state index contributed by atoms with van der Waals surface area (Å²) in [6.07, 6.45) is 2.90. The van der Waals surface area contributed by atoms with Crippen molar-refractivity contribution in [2.75, 3.05) is 46.8 Å². The van der Waals surface area contributed by atoms with Crippen molar-refractivity contribution in [2.24, 2.45) is 9.98 Å². The monoisotopic (exact) mass is 210 g/mol. The lowest BCUT2D eigenvalue weighted by Gasteiger charge is -2.31. The molecule has 1 aliphatic rings. The lowest BCUT2D eigenvalue weighted by molar-refractivity contribution is 0.170. The minimum atomic E-state index is 0.890. The maximum Gasteiger partial charge on any atom is 0.136 e. The Kier molecular flexibility index (Phi) is 5.50. The molecule has 0 spiro atoms. The first-order chi connectivity index (χ1) is 7.26. The minimum Gasteiger partial charge on any atom is -0.304 e. The van der Waals surface area contributed by atoms with Crippen molar-refractivity contribution in [1.29, 1.82) is 0 Å². The molecule has 4 nitrogen and oxygen atoms in total. The molecule has 4 heteroatoms. The van der Waals surface area contributed by atoms with Gasteiger partial charge in [0.15, 0.2) is 0 Å². The topological polar surface area (TPSA) is 31.2 Å². The van der Waals surface area contributed by atoms with Gasteiger partial charge in [-0.1, -0.05) is 6.92 Å². The highest BCUT2D eigenvalue weighted by Crippen LogP contribution is 1.99. The van der Waals surface area contributed by atoms with Crippen molar-refractivity contribution in [3.05, 3.63) is 0 Å². The average molecular weight is 210 g/mol. The molecule has 0 aromatic carbocycles. The van der Waals surface area contributed by atoms with Gasteiger partial charge in [0.25, 0.3) is 0 Å². The zero-order valence-electron chi connectivity index (χ0n) is 10.1. The van der Waals surface area contributed by atoms with Crippen LogP contribution in [-0.2, 0) is 0 Å². The van der Waals surface area contributed by atoms with Crippen molar-refractivity contribution in [2.45, 2.75) is 13.3 Å². The normalized spacial score (nSPS) is 21.4. The first-order valence-corrected chi connectivity index (χ1v) is 5.65. The van der Waals surface area contributed by atoms with Gasteiger partial charge in [-0.2, -0.15) is 0 Å². The van der Waals surface area contributed by atoms with E-state index in [1.807, 2.05) is 13.3 Å². The third-order valence-electron chi connectivity index (χ3n) is 2.64. The number of hydrogen-bond donors (Lipinski definition) is 0. The average Bonchev–Trinajstić information content (AvgIpc) is 2.27. The van der Waals surface area contributed by atoms with E-state index in [0.717, 1.165) is 45.0 Å². The number of likely N-dealkylation sites (N-methyl/N-ethyl adjacent to an activating group) is 1. The largest absolute Gasteiger partial charge is 0.304 e. The van der Waals surface area contributed by atoms with Crippen LogP contribution in [0.5, 0.6) is 0 Å². The highest BCUT2D eigenvalue weighted by molar-refractivity contribution is 5.90. The minimum absolute atomic E-state index is 0.890. The summed E-state index contributed by atoms with van der Waals surface area (Å²) in [6.45, 7) is 7.52. The first-order valence-electron chi connectivity index (χ1n) is 5.65. The summed E-state index contributed by atoms with van der Waals surface area (Å²) in [5, 5.41) is 0. The SMILES string of the molecule is CCC=NC(CN1CCN(C)CC1)=NC. The Morgan fingerprint density at radius 2 is 1.93 bits per heavy atom.